The first-order valence-corrected chi connectivity index (χ1v) is 6.57. The molecule has 0 N–H and O–H groups in total. The lowest BCUT2D eigenvalue weighted by atomic mass is 9.96. The van der Waals surface area contributed by atoms with Crippen LogP contribution in [0.15, 0.2) is 42.2 Å². The van der Waals surface area contributed by atoms with Crippen molar-refractivity contribution < 1.29 is 32.6 Å². The lowest BCUT2D eigenvalue weighted by Crippen LogP contribution is -2.34. The quantitative estimate of drug-likeness (QED) is 0.473. The molecule has 23 heavy (non-hydrogen) atoms. The monoisotopic (exact) mass is 322 g/mol. The Hall–Kier alpha value is -2.83. The molecule has 0 amide bonds. The van der Waals surface area contributed by atoms with Crippen LogP contribution >= 0.6 is 0 Å². The number of hydrogen-bond acceptors (Lipinski definition) is 5. The Labute approximate surface area is 130 Å². The van der Waals surface area contributed by atoms with Crippen LogP contribution in [0.1, 0.15) is 12.5 Å². The molecule has 0 saturated heterocycles. The number of alkyl halides is 2. The number of cyclic esters (lactones) is 1. The van der Waals surface area contributed by atoms with E-state index in [-0.39, 0.29) is 11.5 Å². The molecular formula is C16H12F2O5. The maximum Gasteiger partial charge on any atom is 0.387 e. The van der Waals surface area contributed by atoms with Crippen LogP contribution in [0.4, 0.5) is 8.78 Å². The molecule has 1 aliphatic rings. The van der Waals surface area contributed by atoms with E-state index in [2.05, 4.69) is 4.74 Å². The molecule has 0 aromatic heterocycles. The predicted octanol–water partition coefficient (Wildman–Crippen LogP) is 2.52. The molecule has 0 aliphatic carbocycles. The lowest BCUT2D eigenvalue weighted by Gasteiger charge is -2.15. The van der Waals surface area contributed by atoms with E-state index in [9.17, 15) is 23.2 Å². The maximum atomic E-state index is 12.0. The number of esters is 1. The molecule has 1 aliphatic heterocycles. The van der Waals surface area contributed by atoms with E-state index in [1.807, 2.05) is 0 Å². The van der Waals surface area contributed by atoms with E-state index >= 15 is 0 Å². The average Bonchev–Trinajstić information content (AvgIpc) is 2.45. The molecule has 1 heterocycles. The van der Waals surface area contributed by atoms with Crippen molar-refractivity contribution in [1.82, 2.24) is 0 Å². The highest BCUT2D eigenvalue weighted by Gasteiger charge is 2.36. The Morgan fingerprint density at radius 3 is 2.48 bits per heavy atom. The maximum absolute atomic E-state index is 12.0. The summed E-state index contributed by atoms with van der Waals surface area (Å²) in [5.74, 6) is -3.63. The zero-order chi connectivity index (χ0) is 17.0. The number of ether oxygens (including phenoxy) is 2. The second-order valence-corrected chi connectivity index (χ2v) is 4.69. The SMILES string of the molecule is CC1=CC(=O)[C@@H](C(=O)/C=C/c2ccc(OC(F)F)cc2)C(=O)O1. The number of rotatable bonds is 5. The van der Waals surface area contributed by atoms with Gasteiger partial charge in [0, 0.05) is 6.08 Å². The van der Waals surface area contributed by atoms with Gasteiger partial charge in [-0.3, -0.25) is 14.4 Å². The number of carbonyl (C=O) groups is 3. The largest absolute Gasteiger partial charge is 0.435 e. The van der Waals surface area contributed by atoms with Crippen molar-refractivity contribution in [2.75, 3.05) is 0 Å². The Balaban J connectivity index is 2.06. The minimum absolute atomic E-state index is 0.0184. The van der Waals surface area contributed by atoms with Gasteiger partial charge in [0.25, 0.3) is 0 Å². The molecule has 0 radical (unpaired) electrons. The number of halogens is 2. The van der Waals surface area contributed by atoms with E-state index in [0.29, 0.717) is 5.56 Å². The van der Waals surface area contributed by atoms with Crippen molar-refractivity contribution in [3.05, 3.63) is 47.7 Å². The highest BCUT2D eigenvalue weighted by molar-refractivity contribution is 6.25. The highest BCUT2D eigenvalue weighted by Crippen LogP contribution is 2.18. The minimum atomic E-state index is -2.92. The zero-order valence-corrected chi connectivity index (χ0v) is 12.0. The fourth-order valence-electron chi connectivity index (χ4n) is 1.94. The molecular weight excluding hydrogens is 310 g/mol. The van der Waals surface area contributed by atoms with Crippen molar-refractivity contribution in [3.63, 3.8) is 0 Å². The molecule has 7 heteroatoms. The molecule has 0 fully saturated rings. The Bertz CT molecular complexity index is 689. The van der Waals surface area contributed by atoms with Crippen LogP contribution in [-0.2, 0) is 19.1 Å². The van der Waals surface area contributed by atoms with Crippen LogP contribution in [0, 0.1) is 5.92 Å². The third-order valence-electron chi connectivity index (χ3n) is 2.96. The van der Waals surface area contributed by atoms with Gasteiger partial charge in [-0.2, -0.15) is 8.78 Å². The first-order chi connectivity index (χ1) is 10.9. The molecule has 0 saturated carbocycles. The van der Waals surface area contributed by atoms with Gasteiger partial charge in [-0.15, -0.1) is 0 Å². The first-order valence-electron chi connectivity index (χ1n) is 6.57. The summed E-state index contributed by atoms with van der Waals surface area (Å²) in [5, 5.41) is 0. The molecule has 1 atom stereocenters. The molecule has 0 bridgehead atoms. The van der Waals surface area contributed by atoms with Crippen molar-refractivity contribution in [2.45, 2.75) is 13.5 Å². The molecule has 120 valence electrons. The third-order valence-corrected chi connectivity index (χ3v) is 2.96. The van der Waals surface area contributed by atoms with E-state index in [1.165, 1.54) is 37.3 Å². The van der Waals surface area contributed by atoms with Crippen molar-refractivity contribution in [2.24, 2.45) is 5.92 Å². The van der Waals surface area contributed by atoms with Crippen LogP contribution in [0.2, 0.25) is 0 Å². The normalized spacial score (nSPS) is 18.1. The van der Waals surface area contributed by atoms with Gasteiger partial charge in [0.1, 0.15) is 11.5 Å². The molecule has 0 unspecified atom stereocenters. The summed E-state index contributed by atoms with van der Waals surface area (Å²) in [6.07, 6.45) is 3.52. The molecule has 5 nitrogen and oxygen atoms in total. The summed E-state index contributed by atoms with van der Waals surface area (Å²) >= 11 is 0. The number of allylic oxidation sites excluding steroid dienone is 3. The van der Waals surface area contributed by atoms with Crippen LogP contribution in [0.25, 0.3) is 6.08 Å². The molecule has 2 rings (SSSR count). The van der Waals surface area contributed by atoms with Gasteiger partial charge in [0.15, 0.2) is 17.5 Å². The van der Waals surface area contributed by atoms with Crippen LogP contribution in [0.3, 0.4) is 0 Å². The van der Waals surface area contributed by atoms with Gasteiger partial charge < -0.3 is 9.47 Å². The molecule has 1 aromatic carbocycles. The fraction of sp³-hybridized carbons (Fsp3) is 0.188. The van der Waals surface area contributed by atoms with E-state index < -0.39 is 30.1 Å². The highest BCUT2D eigenvalue weighted by atomic mass is 19.3. The van der Waals surface area contributed by atoms with Gasteiger partial charge in [-0.1, -0.05) is 18.2 Å². The number of ketones is 2. The smallest absolute Gasteiger partial charge is 0.387 e. The average molecular weight is 322 g/mol. The van der Waals surface area contributed by atoms with Crippen molar-refractivity contribution in [3.8, 4) is 5.75 Å². The Morgan fingerprint density at radius 2 is 1.91 bits per heavy atom. The van der Waals surface area contributed by atoms with E-state index in [1.54, 1.807) is 0 Å². The van der Waals surface area contributed by atoms with E-state index in [0.717, 1.165) is 12.2 Å². The first kappa shape index (κ1) is 16.5. The van der Waals surface area contributed by atoms with Gasteiger partial charge in [0.2, 0.25) is 0 Å². The third kappa shape index (κ3) is 4.32. The summed E-state index contributed by atoms with van der Waals surface area (Å²) in [6, 6.07) is 5.52. The summed E-state index contributed by atoms with van der Waals surface area (Å²) in [5.41, 5.74) is 0.517. The van der Waals surface area contributed by atoms with Gasteiger partial charge in [0.05, 0.1) is 0 Å². The topological polar surface area (TPSA) is 69.7 Å². The molecule has 1 aromatic rings. The summed E-state index contributed by atoms with van der Waals surface area (Å²) in [7, 11) is 0. The Morgan fingerprint density at radius 1 is 1.26 bits per heavy atom. The van der Waals surface area contributed by atoms with E-state index in [4.69, 9.17) is 4.74 Å². The fourth-order valence-corrected chi connectivity index (χ4v) is 1.94. The van der Waals surface area contributed by atoms with Gasteiger partial charge >= 0.3 is 12.6 Å². The van der Waals surface area contributed by atoms with Crippen LogP contribution in [-0.4, -0.2) is 24.1 Å². The standard InChI is InChI=1S/C16H12F2O5/c1-9-8-13(20)14(15(21)22-9)12(19)7-4-10-2-5-11(6-3-10)23-16(17)18/h2-8,14,16H,1H3/b7-4+/t14-/m1/s1. The van der Waals surface area contributed by atoms with Crippen LogP contribution in [0.5, 0.6) is 5.75 Å². The predicted molar refractivity (Wildman–Crippen MR) is 75.5 cm³/mol. The zero-order valence-electron chi connectivity index (χ0n) is 12.0. The number of benzene rings is 1. The summed E-state index contributed by atoms with van der Waals surface area (Å²) in [6.45, 7) is -1.48. The lowest BCUT2D eigenvalue weighted by molar-refractivity contribution is -0.151. The summed E-state index contributed by atoms with van der Waals surface area (Å²) < 4.78 is 33.0. The van der Waals surface area contributed by atoms with Crippen molar-refractivity contribution in [1.29, 1.82) is 0 Å². The van der Waals surface area contributed by atoms with Crippen LogP contribution < -0.4 is 4.74 Å². The van der Waals surface area contributed by atoms with Gasteiger partial charge in [-0.25, -0.2) is 0 Å². The Kier molecular flexibility index (Phi) is 5.00. The van der Waals surface area contributed by atoms with Crippen molar-refractivity contribution >= 4 is 23.6 Å². The number of carbonyl (C=O) groups excluding carboxylic acids is 3. The van der Waals surface area contributed by atoms with Gasteiger partial charge in [-0.05, 0) is 30.7 Å². The molecule has 0 spiro atoms. The second-order valence-electron chi connectivity index (χ2n) is 4.69. The number of hydrogen-bond donors (Lipinski definition) is 0. The summed E-state index contributed by atoms with van der Waals surface area (Å²) in [4.78, 5) is 35.2. The minimum Gasteiger partial charge on any atom is -0.435 e. The second kappa shape index (κ2) is 6.95.